The number of phenols is 1. The van der Waals surface area contributed by atoms with E-state index >= 15 is 0 Å². The Kier molecular flexibility index (Phi) is 3.68. The van der Waals surface area contributed by atoms with Gasteiger partial charge in [-0.3, -0.25) is 9.59 Å². The third-order valence-electron chi connectivity index (χ3n) is 1.79. The van der Waals surface area contributed by atoms with E-state index in [2.05, 4.69) is 5.32 Å². The molecule has 1 rings (SSSR count). The van der Waals surface area contributed by atoms with E-state index < -0.39 is 5.91 Å². The zero-order valence-corrected chi connectivity index (χ0v) is 8.06. The van der Waals surface area contributed by atoms with Gasteiger partial charge in [-0.05, 0) is 24.3 Å². The molecule has 0 aliphatic carbocycles. The van der Waals surface area contributed by atoms with Crippen molar-refractivity contribution in [1.29, 1.82) is 0 Å². The van der Waals surface area contributed by atoms with Gasteiger partial charge < -0.3 is 16.2 Å². The minimum atomic E-state index is -0.457. The molecule has 0 atom stereocenters. The molecule has 1 aromatic carbocycles. The molecule has 0 aliphatic heterocycles. The lowest BCUT2D eigenvalue weighted by Gasteiger charge is -2.03. The van der Waals surface area contributed by atoms with Crippen LogP contribution in [0.5, 0.6) is 5.75 Å². The van der Waals surface area contributed by atoms with Gasteiger partial charge in [0.2, 0.25) is 5.91 Å². The average molecular weight is 208 g/mol. The van der Waals surface area contributed by atoms with Crippen molar-refractivity contribution in [3.8, 4) is 5.75 Å². The van der Waals surface area contributed by atoms with Crippen LogP contribution in [0.1, 0.15) is 16.8 Å². The smallest absolute Gasteiger partial charge is 0.251 e. The lowest BCUT2D eigenvalue weighted by atomic mass is 10.2. The number of nitrogens with two attached hydrogens (primary N) is 1. The maximum Gasteiger partial charge on any atom is 0.251 e. The van der Waals surface area contributed by atoms with Gasteiger partial charge in [0.15, 0.2) is 0 Å². The zero-order chi connectivity index (χ0) is 11.3. The van der Waals surface area contributed by atoms with Crippen LogP contribution >= 0.6 is 0 Å². The molecular formula is C10H12N2O3. The number of hydrogen-bond acceptors (Lipinski definition) is 3. The fourth-order valence-electron chi connectivity index (χ4n) is 1.01. The highest BCUT2D eigenvalue weighted by Gasteiger charge is 2.04. The molecule has 0 saturated carbocycles. The molecule has 4 N–H and O–H groups in total. The Morgan fingerprint density at radius 2 is 1.87 bits per heavy atom. The normalized spacial score (nSPS) is 9.60. The average Bonchev–Trinajstić information content (AvgIpc) is 2.18. The largest absolute Gasteiger partial charge is 0.508 e. The second-order valence-electron chi connectivity index (χ2n) is 3.02. The monoisotopic (exact) mass is 208 g/mol. The molecule has 1 aromatic rings. The summed E-state index contributed by atoms with van der Waals surface area (Å²) >= 11 is 0. The Labute approximate surface area is 86.9 Å². The van der Waals surface area contributed by atoms with Gasteiger partial charge in [0.05, 0.1) is 0 Å². The van der Waals surface area contributed by atoms with Crippen molar-refractivity contribution in [2.45, 2.75) is 6.42 Å². The summed E-state index contributed by atoms with van der Waals surface area (Å²) in [4.78, 5) is 21.8. The number of benzene rings is 1. The number of aromatic hydroxyl groups is 1. The molecule has 15 heavy (non-hydrogen) atoms. The van der Waals surface area contributed by atoms with Crippen LogP contribution < -0.4 is 11.1 Å². The van der Waals surface area contributed by atoms with E-state index in [9.17, 15) is 9.59 Å². The highest BCUT2D eigenvalue weighted by molar-refractivity contribution is 5.94. The maximum atomic E-state index is 11.4. The lowest BCUT2D eigenvalue weighted by Crippen LogP contribution is -2.27. The summed E-state index contributed by atoms with van der Waals surface area (Å²) in [7, 11) is 0. The molecule has 0 aliphatic rings. The van der Waals surface area contributed by atoms with Gasteiger partial charge in [0.25, 0.3) is 5.91 Å². The van der Waals surface area contributed by atoms with Crippen molar-refractivity contribution < 1.29 is 14.7 Å². The zero-order valence-electron chi connectivity index (χ0n) is 8.06. The van der Waals surface area contributed by atoms with Crippen molar-refractivity contribution >= 4 is 11.8 Å². The van der Waals surface area contributed by atoms with E-state index in [-0.39, 0.29) is 24.6 Å². The second-order valence-corrected chi connectivity index (χ2v) is 3.02. The molecule has 0 spiro atoms. The van der Waals surface area contributed by atoms with Crippen LogP contribution in [-0.2, 0) is 4.79 Å². The SMILES string of the molecule is NC(=O)CCNC(=O)c1ccc(O)cc1. The fourth-order valence-corrected chi connectivity index (χ4v) is 1.01. The molecule has 5 nitrogen and oxygen atoms in total. The molecule has 5 heteroatoms. The Morgan fingerprint density at radius 1 is 1.27 bits per heavy atom. The van der Waals surface area contributed by atoms with Gasteiger partial charge in [0, 0.05) is 18.5 Å². The minimum Gasteiger partial charge on any atom is -0.508 e. The maximum absolute atomic E-state index is 11.4. The third-order valence-corrected chi connectivity index (χ3v) is 1.79. The van der Waals surface area contributed by atoms with E-state index in [4.69, 9.17) is 10.8 Å². The van der Waals surface area contributed by atoms with Crippen molar-refractivity contribution in [2.75, 3.05) is 6.54 Å². The van der Waals surface area contributed by atoms with Gasteiger partial charge in [0.1, 0.15) is 5.75 Å². The highest BCUT2D eigenvalue weighted by Crippen LogP contribution is 2.09. The van der Waals surface area contributed by atoms with E-state index in [1.54, 1.807) is 0 Å². The van der Waals surface area contributed by atoms with Crippen LogP contribution in [0.25, 0.3) is 0 Å². The predicted molar refractivity (Wildman–Crippen MR) is 54.3 cm³/mol. The van der Waals surface area contributed by atoms with Gasteiger partial charge in [-0.15, -0.1) is 0 Å². The molecule has 2 amide bonds. The standard InChI is InChI=1S/C10H12N2O3/c11-9(14)5-6-12-10(15)7-1-3-8(13)4-2-7/h1-4,13H,5-6H2,(H2,11,14)(H,12,15). The van der Waals surface area contributed by atoms with Crippen molar-refractivity contribution in [2.24, 2.45) is 5.73 Å². The van der Waals surface area contributed by atoms with Gasteiger partial charge >= 0.3 is 0 Å². The molecular weight excluding hydrogens is 196 g/mol. The summed E-state index contributed by atoms with van der Waals surface area (Å²) in [5.74, 6) is -0.652. The number of primary amides is 1. The van der Waals surface area contributed by atoms with Crippen LogP contribution in [0.15, 0.2) is 24.3 Å². The summed E-state index contributed by atoms with van der Waals surface area (Å²) in [6, 6.07) is 5.83. The predicted octanol–water partition coefficient (Wildman–Crippen LogP) is -0.00260. The quantitative estimate of drug-likeness (QED) is 0.650. The molecule has 0 aromatic heterocycles. The number of carbonyl (C=O) groups is 2. The van der Waals surface area contributed by atoms with E-state index in [1.165, 1.54) is 24.3 Å². The number of nitrogens with one attached hydrogen (secondary N) is 1. The molecule has 0 bridgehead atoms. The van der Waals surface area contributed by atoms with Crippen LogP contribution in [-0.4, -0.2) is 23.5 Å². The van der Waals surface area contributed by atoms with Crippen molar-refractivity contribution in [1.82, 2.24) is 5.32 Å². The number of phenolic OH excluding ortho intramolecular Hbond substituents is 1. The molecule has 0 unspecified atom stereocenters. The minimum absolute atomic E-state index is 0.101. The number of hydrogen-bond donors (Lipinski definition) is 3. The number of rotatable bonds is 4. The van der Waals surface area contributed by atoms with Crippen LogP contribution in [0.2, 0.25) is 0 Å². The van der Waals surface area contributed by atoms with Gasteiger partial charge in [-0.2, -0.15) is 0 Å². The topological polar surface area (TPSA) is 92.4 Å². The summed E-state index contributed by atoms with van der Waals surface area (Å²) in [5.41, 5.74) is 5.34. The van der Waals surface area contributed by atoms with E-state index in [1.807, 2.05) is 0 Å². The first-order chi connectivity index (χ1) is 7.09. The molecule has 0 radical (unpaired) electrons. The Hall–Kier alpha value is -2.04. The Bertz CT molecular complexity index is 359. The summed E-state index contributed by atoms with van der Waals surface area (Å²) in [6.07, 6.45) is 0.115. The molecule has 80 valence electrons. The van der Waals surface area contributed by atoms with Crippen LogP contribution in [0.4, 0.5) is 0 Å². The van der Waals surface area contributed by atoms with Crippen molar-refractivity contribution in [3.05, 3.63) is 29.8 Å². The number of amides is 2. The van der Waals surface area contributed by atoms with E-state index in [0.29, 0.717) is 5.56 Å². The second kappa shape index (κ2) is 4.99. The lowest BCUT2D eigenvalue weighted by molar-refractivity contribution is -0.117. The Balaban J connectivity index is 2.47. The first kappa shape index (κ1) is 11.0. The third kappa shape index (κ3) is 3.68. The van der Waals surface area contributed by atoms with Gasteiger partial charge in [-0.1, -0.05) is 0 Å². The van der Waals surface area contributed by atoms with Crippen molar-refractivity contribution in [3.63, 3.8) is 0 Å². The highest BCUT2D eigenvalue weighted by atomic mass is 16.3. The summed E-state index contributed by atoms with van der Waals surface area (Å²) < 4.78 is 0. The first-order valence-electron chi connectivity index (χ1n) is 4.45. The molecule has 0 heterocycles. The Morgan fingerprint density at radius 3 is 2.40 bits per heavy atom. The molecule has 0 fully saturated rings. The van der Waals surface area contributed by atoms with E-state index in [0.717, 1.165) is 0 Å². The summed E-state index contributed by atoms with van der Waals surface area (Å²) in [5, 5.41) is 11.5. The summed E-state index contributed by atoms with van der Waals surface area (Å²) in [6.45, 7) is 0.217. The molecule has 0 saturated heterocycles. The van der Waals surface area contributed by atoms with Crippen LogP contribution in [0.3, 0.4) is 0 Å². The van der Waals surface area contributed by atoms with Gasteiger partial charge in [-0.25, -0.2) is 0 Å². The van der Waals surface area contributed by atoms with Crippen LogP contribution in [0, 0.1) is 0 Å². The number of carbonyl (C=O) groups excluding carboxylic acids is 2. The fraction of sp³-hybridized carbons (Fsp3) is 0.200. The first-order valence-corrected chi connectivity index (χ1v) is 4.45.